The second-order valence-electron chi connectivity index (χ2n) is 5.56. The third kappa shape index (κ3) is 1.25. The fraction of sp³-hybridized carbons (Fsp3) is 0.692. The summed E-state index contributed by atoms with van der Waals surface area (Å²) in [5, 5.41) is 18.9. The lowest BCUT2D eigenvalue weighted by Crippen LogP contribution is -2.40. The van der Waals surface area contributed by atoms with Crippen molar-refractivity contribution >= 4 is 5.97 Å². The molecule has 6 unspecified atom stereocenters. The van der Waals surface area contributed by atoms with Crippen LogP contribution < -0.4 is 0 Å². The van der Waals surface area contributed by atoms with Gasteiger partial charge in [-0.05, 0) is 31.3 Å². The van der Waals surface area contributed by atoms with Gasteiger partial charge in [0, 0.05) is 5.92 Å². The average molecular weight is 249 g/mol. The number of fused-ring (bicyclic) bond motifs is 1. The summed E-state index contributed by atoms with van der Waals surface area (Å²) in [4.78, 5) is 11.8. The Morgan fingerprint density at radius 2 is 2.50 bits per heavy atom. The van der Waals surface area contributed by atoms with Crippen molar-refractivity contribution < 1.29 is 19.4 Å². The lowest BCUT2D eigenvalue weighted by atomic mass is 9.74. The van der Waals surface area contributed by atoms with Crippen molar-refractivity contribution in [3.8, 4) is 6.07 Å². The van der Waals surface area contributed by atoms with E-state index in [4.69, 9.17) is 9.47 Å². The number of aliphatic hydroxyl groups excluding tert-OH is 1. The summed E-state index contributed by atoms with van der Waals surface area (Å²) in [6.45, 7) is 5.31. The van der Waals surface area contributed by atoms with E-state index >= 15 is 0 Å². The third-order valence-electron chi connectivity index (χ3n) is 4.47. The lowest BCUT2D eigenvalue weighted by molar-refractivity contribution is -0.165. The molecule has 1 N–H and O–H groups in total. The summed E-state index contributed by atoms with van der Waals surface area (Å²) in [7, 11) is 0. The van der Waals surface area contributed by atoms with Crippen LogP contribution in [0.2, 0.25) is 0 Å². The third-order valence-corrected chi connectivity index (χ3v) is 4.47. The quantitative estimate of drug-likeness (QED) is 0.453. The van der Waals surface area contributed by atoms with E-state index < -0.39 is 17.7 Å². The predicted molar refractivity (Wildman–Crippen MR) is 59.8 cm³/mol. The van der Waals surface area contributed by atoms with Crippen molar-refractivity contribution in [2.75, 3.05) is 0 Å². The van der Waals surface area contributed by atoms with Crippen LogP contribution >= 0.6 is 0 Å². The van der Waals surface area contributed by atoms with Crippen molar-refractivity contribution in [1.82, 2.24) is 0 Å². The van der Waals surface area contributed by atoms with Gasteiger partial charge in [0.25, 0.3) is 0 Å². The minimum atomic E-state index is -1.04. The van der Waals surface area contributed by atoms with Crippen molar-refractivity contribution in [2.45, 2.75) is 38.3 Å². The van der Waals surface area contributed by atoms with E-state index in [1.807, 2.05) is 0 Å². The van der Waals surface area contributed by atoms with Crippen molar-refractivity contribution in [3.63, 3.8) is 0 Å². The summed E-state index contributed by atoms with van der Waals surface area (Å²) in [5.41, 5.74) is -0.433. The largest absolute Gasteiger partial charge is 0.458 e. The number of carbonyl (C=O) groups excluding carboxylic acids is 1. The maximum absolute atomic E-state index is 11.8. The van der Waals surface area contributed by atoms with Gasteiger partial charge in [-0.25, -0.2) is 0 Å². The molecular weight excluding hydrogens is 234 g/mol. The fourth-order valence-electron chi connectivity index (χ4n) is 3.58. The fourth-order valence-corrected chi connectivity index (χ4v) is 3.58. The van der Waals surface area contributed by atoms with Gasteiger partial charge in [-0.3, -0.25) is 4.79 Å². The zero-order chi connectivity index (χ0) is 13.1. The van der Waals surface area contributed by atoms with E-state index in [9.17, 15) is 15.2 Å². The zero-order valence-electron chi connectivity index (χ0n) is 10.1. The number of hydrogen-bond acceptors (Lipinski definition) is 5. The highest BCUT2D eigenvalue weighted by molar-refractivity contribution is 5.84. The van der Waals surface area contributed by atoms with Crippen LogP contribution in [0.25, 0.3) is 0 Å². The number of aliphatic hydroxyl groups is 1. The molecule has 1 saturated heterocycles. The van der Waals surface area contributed by atoms with Crippen molar-refractivity contribution in [3.05, 3.63) is 12.2 Å². The first-order valence-corrected chi connectivity index (χ1v) is 6.11. The average Bonchev–Trinajstić information content (AvgIpc) is 2.90. The van der Waals surface area contributed by atoms with Crippen LogP contribution in [0.4, 0.5) is 0 Å². The van der Waals surface area contributed by atoms with E-state index in [-0.39, 0.29) is 24.0 Å². The summed E-state index contributed by atoms with van der Waals surface area (Å²) in [6, 6.07) is 2.14. The molecule has 5 heteroatoms. The Balaban J connectivity index is 1.83. The standard InChI is InChI=1S/C13H15NO4/c1-6(2)11(15)17-9-7-3-8-10(9)18-12(16)13(8,4-7)5-14/h7-11,15H,1,3-4H2,2H3. The Labute approximate surface area is 105 Å². The van der Waals surface area contributed by atoms with Gasteiger partial charge in [-0.2, -0.15) is 5.26 Å². The van der Waals surface area contributed by atoms with Crippen molar-refractivity contribution in [2.24, 2.45) is 17.3 Å². The first-order chi connectivity index (χ1) is 8.49. The Hall–Kier alpha value is -1.38. The smallest absolute Gasteiger partial charge is 0.327 e. The summed E-state index contributed by atoms with van der Waals surface area (Å²) < 4.78 is 10.8. The number of carbonyl (C=O) groups is 1. The van der Waals surface area contributed by atoms with Gasteiger partial charge < -0.3 is 14.6 Å². The van der Waals surface area contributed by atoms with Crippen LogP contribution in [0.3, 0.4) is 0 Å². The number of hydrogen-bond donors (Lipinski definition) is 1. The van der Waals surface area contributed by atoms with Gasteiger partial charge in [0.2, 0.25) is 0 Å². The highest BCUT2D eigenvalue weighted by Gasteiger charge is 2.71. The molecule has 18 heavy (non-hydrogen) atoms. The Morgan fingerprint density at radius 3 is 3.11 bits per heavy atom. The molecule has 0 amide bonds. The van der Waals surface area contributed by atoms with E-state index in [2.05, 4.69) is 12.6 Å². The summed E-state index contributed by atoms with van der Waals surface area (Å²) in [6.07, 6.45) is -0.487. The molecule has 6 atom stereocenters. The number of nitriles is 1. The first kappa shape index (κ1) is 11.7. The van der Waals surface area contributed by atoms with Gasteiger partial charge >= 0.3 is 5.97 Å². The van der Waals surface area contributed by atoms with E-state index in [0.717, 1.165) is 6.42 Å². The van der Waals surface area contributed by atoms with E-state index in [1.54, 1.807) is 6.92 Å². The molecule has 0 aromatic carbocycles. The molecule has 1 heterocycles. The van der Waals surface area contributed by atoms with Gasteiger partial charge in [-0.1, -0.05) is 6.58 Å². The number of rotatable bonds is 3. The summed E-state index contributed by atoms with van der Waals surface area (Å²) in [5.74, 6) is -0.388. The molecular formula is C13H15NO4. The van der Waals surface area contributed by atoms with Crippen LogP contribution in [0.5, 0.6) is 0 Å². The molecule has 3 fully saturated rings. The molecule has 3 rings (SSSR count). The van der Waals surface area contributed by atoms with Gasteiger partial charge in [-0.15, -0.1) is 0 Å². The SMILES string of the molecule is C=C(C)C(O)OC1C2CC3C1OC(=O)C3(C#N)C2. The molecule has 0 aromatic heterocycles. The second-order valence-corrected chi connectivity index (χ2v) is 5.56. The number of nitrogens with zero attached hydrogens (tertiary/aromatic N) is 1. The molecule has 96 valence electrons. The topological polar surface area (TPSA) is 79.5 Å². The monoisotopic (exact) mass is 249 g/mol. The maximum atomic E-state index is 11.8. The van der Waals surface area contributed by atoms with Crippen LogP contribution in [0.15, 0.2) is 12.2 Å². The molecule has 2 saturated carbocycles. The molecule has 3 aliphatic rings. The van der Waals surface area contributed by atoms with Gasteiger partial charge in [0.05, 0.1) is 6.07 Å². The van der Waals surface area contributed by atoms with Crippen molar-refractivity contribution in [1.29, 1.82) is 5.26 Å². The Morgan fingerprint density at radius 1 is 1.78 bits per heavy atom. The second kappa shape index (κ2) is 3.56. The van der Waals surface area contributed by atoms with Crippen LogP contribution in [0, 0.1) is 28.6 Å². The summed E-state index contributed by atoms with van der Waals surface area (Å²) >= 11 is 0. The molecule has 1 aliphatic heterocycles. The Bertz CT molecular complexity index is 468. The van der Waals surface area contributed by atoms with Crippen LogP contribution in [-0.4, -0.2) is 29.6 Å². The molecule has 2 aliphatic carbocycles. The highest BCUT2D eigenvalue weighted by atomic mass is 16.6. The van der Waals surface area contributed by atoms with Crippen LogP contribution in [-0.2, 0) is 14.3 Å². The van der Waals surface area contributed by atoms with Gasteiger partial charge in [0.1, 0.15) is 12.2 Å². The maximum Gasteiger partial charge on any atom is 0.327 e. The molecule has 0 aromatic rings. The minimum Gasteiger partial charge on any atom is -0.458 e. The predicted octanol–water partition coefficient (Wildman–Crippen LogP) is 0.741. The number of ether oxygens (including phenoxy) is 2. The molecule has 0 spiro atoms. The zero-order valence-corrected chi connectivity index (χ0v) is 10.1. The molecule has 5 nitrogen and oxygen atoms in total. The van der Waals surface area contributed by atoms with Crippen LogP contribution in [0.1, 0.15) is 19.8 Å². The first-order valence-electron chi connectivity index (χ1n) is 6.11. The highest BCUT2D eigenvalue weighted by Crippen LogP contribution is 2.62. The normalized spacial score (nSPS) is 45.7. The Kier molecular flexibility index (Phi) is 2.31. The molecule has 2 bridgehead atoms. The van der Waals surface area contributed by atoms with Gasteiger partial charge in [0.15, 0.2) is 11.7 Å². The minimum absolute atomic E-state index is 0.0812. The van der Waals surface area contributed by atoms with E-state index in [1.165, 1.54) is 0 Å². The van der Waals surface area contributed by atoms with E-state index in [0.29, 0.717) is 12.0 Å². The number of esters is 1. The molecule has 0 radical (unpaired) electrons. The lowest BCUT2D eigenvalue weighted by Gasteiger charge is -2.29.